The van der Waals surface area contributed by atoms with Crippen LogP contribution in [0.15, 0.2) is 22.7 Å². The van der Waals surface area contributed by atoms with Crippen molar-refractivity contribution in [2.75, 3.05) is 6.61 Å². The fourth-order valence-corrected chi connectivity index (χ4v) is 3.62. The van der Waals surface area contributed by atoms with Crippen molar-refractivity contribution in [3.05, 3.63) is 28.2 Å². The molecule has 0 unspecified atom stereocenters. The second-order valence-corrected chi connectivity index (χ2v) is 7.69. The number of halogens is 1. The van der Waals surface area contributed by atoms with Crippen LogP contribution in [0.5, 0.6) is 5.75 Å². The zero-order valence-corrected chi connectivity index (χ0v) is 17.1. The molecule has 0 spiro atoms. The Balaban J connectivity index is 1.79. The average molecular weight is 425 g/mol. The summed E-state index contributed by atoms with van der Waals surface area (Å²) in [4.78, 5) is 24.3. The highest BCUT2D eigenvalue weighted by Gasteiger charge is 2.21. The molecule has 0 saturated heterocycles. The molecule has 2 amide bonds. The SMILES string of the molecule is CCCCCCOc1ccc(C(=O)NNC(=O)C2CCCCC2)cc1Br. The Kier molecular flexibility index (Phi) is 8.95. The number of ether oxygens (including phenoxy) is 1. The molecule has 1 aromatic carbocycles. The molecule has 26 heavy (non-hydrogen) atoms. The maximum absolute atomic E-state index is 12.2. The number of carbonyl (C=O) groups is 2. The van der Waals surface area contributed by atoms with Crippen molar-refractivity contribution < 1.29 is 14.3 Å². The Morgan fingerprint density at radius 2 is 1.88 bits per heavy atom. The molecule has 0 radical (unpaired) electrons. The highest BCUT2D eigenvalue weighted by atomic mass is 79.9. The molecule has 0 atom stereocenters. The summed E-state index contributed by atoms with van der Waals surface area (Å²) in [6.07, 6.45) is 9.76. The number of carbonyl (C=O) groups excluding carboxylic acids is 2. The van der Waals surface area contributed by atoms with Gasteiger partial charge in [-0.05, 0) is 53.4 Å². The van der Waals surface area contributed by atoms with Gasteiger partial charge in [0.15, 0.2) is 0 Å². The normalized spacial score (nSPS) is 14.7. The van der Waals surface area contributed by atoms with Crippen LogP contribution in [0, 0.1) is 5.92 Å². The van der Waals surface area contributed by atoms with E-state index in [1.165, 1.54) is 19.3 Å². The standard InChI is InChI=1S/C20H29BrN2O3/c1-2-3-4-8-13-26-18-12-11-16(14-17(18)21)20(25)23-22-19(24)15-9-6-5-7-10-15/h11-12,14-15H,2-10,13H2,1H3,(H,22,24)(H,23,25). The molecule has 1 fully saturated rings. The van der Waals surface area contributed by atoms with Crippen molar-refractivity contribution in [1.82, 2.24) is 10.9 Å². The van der Waals surface area contributed by atoms with E-state index in [4.69, 9.17) is 4.74 Å². The van der Waals surface area contributed by atoms with Crippen LogP contribution in [-0.2, 0) is 4.79 Å². The average Bonchev–Trinajstić information content (AvgIpc) is 2.67. The van der Waals surface area contributed by atoms with Crippen LogP contribution in [0.3, 0.4) is 0 Å². The summed E-state index contributed by atoms with van der Waals surface area (Å²) in [5.74, 6) is 0.317. The monoisotopic (exact) mass is 424 g/mol. The van der Waals surface area contributed by atoms with E-state index in [1.807, 2.05) is 0 Å². The quantitative estimate of drug-likeness (QED) is 0.467. The molecule has 0 bridgehead atoms. The highest BCUT2D eigenvalue weighted by molar-refractivity contribution is 9.10. The number of rotatable bonds is 8. The zero-order chi connectivity index (χ0) is 18.8. The number of hydrogen-bond acceptors (Lipinski definition) is 3. The molecule has 2 N–H and O–H groups in total. The summed E-state index contributed by atoms with van der Waals surface area (Å²) >= 11 is 3.45. The van der Waals surface area contributed by atoms with E-state index in [9.17, 15) is 9.59 Å². The Labute approximate surface area is 164 Å². The van der Waals surface area contributed by atoms with Gasteiger partial charge in [-0.3, -0.25) is 20.4 Å². The fourth-order valence-electron chi connectivity index (χ4n) is 3.13. The molecule has 5 nitrogen and oxygen atoms in total. The minimum atomic E-state index is -0.329. The van der Waals surface area contributed by atoms with Gasteiger partial charge in [0.2, 0.25) is 5.91 Å². The summed E-state index contributed by atoms with van der Waals surface area (Å²) in [6, 6.07) is 5.19. The number of hydrazine groups is 1. The van der Waals surface area contributed by atoms with Gasteiger partial charge in [-0.25, -0.2) is 0 Å². The van der Waals surface area contributed by atoms with E-state index in [0.29, 0.717) is 12.2 Å². The Hall–Kier alpha value is -1.56. The Morgan fingerprint density at radius 1 is 1.12 bits per heavy atom. The summed E-state index contributed by atoms with van der Waals surface area (Å²) < 4.78 is 6.48. The molecule has 1 aliphatic carbocycles. The van der Waals surface area contributed by atoms with Crippen LogP contribution < -0.4 is 15.6 Å². The van der Waals surface area contributed by atoms with Crippen LogP contribution in [0.1, 0.15) is 75.1 Å². The van der Waals surface area contributed by atoms with Gasteiger partial charge in [-0.15, -0.1) is 0 Å². The topological polar surface area (TPSA) is 67.4 Å². The first kappa shape index (κ1) is 20.7. The van der Waals surface area contributed by atoms with Crippen molar-refractivity contribution in [3.8, 4) is 5.75 Å². The van der Waals surface area contributed by atoms with Crippen LogP contribution in [0.25, 0.3) is 0 Å². The van der Waals surface area contributed by atoms with Crippen molar-refractivity contribution in [2.24, 2.45) is 5.92 Å². The number of benzene rings is 1. The predicted molar refractivity (Wildman–Crippen MR) is 106 cm³/mol. The lowest BCUT2D eigenvalue weighted by Crippen LogP contribution is -2.44. The van der Waals surface area contributed by atoms with Crippen molar-refractivity contribution in [3.63, 3.8) is 0 Å². The number of nitrogens with one attached hydrogen (secondary N) is 2. The molecular formula is C20H29BrN2O3. The molecular weight excluding hydrogens is 396 g/mol. The van der Waals surface area contributed by atoms with Gasteiger partial charge in [0.25, 0.3) is 5.91 Å². The Morgan fingerprint density at radius 3 is 2.58 bits per heavy atom. The van der Waals surface area contributed by atoms with Gasteiger partial charge in [-0.1, -0.05) is 45.4 Å². The molecule has 1 saturated carbocycles. The van der Waals surface area contributed by atoms with Gasteiger partial charge in [0.05, 0.1) is 11.1 Å². The van der Waals surface area contributed by atoms with Crippen LogP contribution in [0.4, 0.5) is 0 Å². The number of unbranched alkanes of at least 4 members (excludes halogenated alkanes) is 3. The first-order valence-corrected chi connectivity index (χ1v) is 10.4. The van der Waals surface area contributed by atoms with Gasteiger partial charge in [-0.2, -0.15) is 0 Å². The number of hydrogen-bond donors (Lipinski definition) is 2. The molecule has 1 aliphatic rings. The summed E-state index contributed by atoms with van der Waals surface area (Å²) in [5, 5.41) is 0. The molecule has 0 heterocycles. The molecule has 144 valence electrons. The van der Waals surface area contributed by atoms with Gasteiger partial charge < -0.3 is 4.74 Å². The van der Waals surface area contributed by atoms with Crippen LogP contribution in [-0.4, -0.2) is 18.4 Å². The minimum absolute atomic E-state index is 0.0132. The molecule has 0 aromatic heterocycles. The summed E-state index contributed by atoms with van der Waals surface area (Å²) in [6.45, 7) is 2.85. The maximum atomic E-state index is 12.2. The van der Waals surface area contributed by atoms with Crippen LogP contribution >= 0.6 is 15.9 Å². The van der Waals surface area contributed by atoms with E-state index in [2.05, 4.69) is 33.7 Å². The predicted octanol–water partition coefficient (Wildman–Crippen LogP) is 4.75. The van der Waals surface area contributed by atoms with E-state index < -0.39 is 0 Å². The third-order valence-corrected chi connectivity index (χ3v) is 5.34. The lowest BCUT2D eigenvalue weighted by atomic mass is 9.89. The molecule has 0 aliphatic heterocycles. The zero-order valence-electron chi connectivity index (χ0n) is 15.5. The first-order valence-electron chi connectivity index (χ1n) is 9.64. The number of amides is 2. The minimum Gasteiger partial charge on any atom is -0.492 e. The maximum Gasteiger partial charge on any atom is 0.269 e. The van der Waals surface area contributed by atoms with E-state index in [1.54, 1.807) is 18.2 Å². The van der Waals surface area contributed by atoms with Gasteiger partial charge in [0.1, 0.15) is 5.75 Å². The van der Waals surface area contributed by atoms with Gasteiger partial charge >= 0.3 is 0 Å². The second-order valence-electron chi connectivity index (χ2n) is 6.83. The van der Waals surface area contributed by atoms with E-state index >= 15 is 0 Å². The van der Waals surface area contributed by atoms with Crippen LogP contribution in [0.2, 0.25) is 0 Å². The van der Waals surface area contributed by atoms with Crippen molar-refractivity contribution in [1.29, 1.82) is 0 Å². The summed E-state index contributed by atoms with van der Waals surface area (Å²) in [7, 11) is 0. The second kappa shape index (κ2) is 11.2. The smallest absolute Gasteiger partial charge is 0.269 e. The van der Waals surface area contributed by atoms with Gasteiger partial charge in [0, 0.05) is 11.5 Å². The van der Waals surface area contributed by atoms with Crippen molar-refractivity contribution in [2.45, 2.75) is 64.7 Å². The first-order chi connectivity index (χ1) is 12.6. The largest absolute Gasteiger partial charge is 0.492 e. The van der Waals surface area contributed by atoms with E-state index in [0.717, 1.165) is 48.7 Å². The highest BCUT2D eigenvalue weighted by Crippen LogP contribution is 2.26. The lowest BCUT2D eigenvalue weighted by molar-refractivity contribution is -0.126. The third kappa shape index (κ3) is 6.63. The Bertz CT molecular complexity index is 601. The fraction of sp³-hybridized carbons (Fsp3) is 0.600. The lowest BCUT2D eigenvalue weighted by Gasteiger charge is -2.20. The molecule has 6 heteroatoms. The molecule has 2 rings (SSSR count). The molecule has 1 aromatic rings. The summed E-state index contributed by atoms with van der Waals surface area (Å²) in [5.41, 5.74) is 5.53. The third-order valence-electron chi connectivity index (χ3n) is 4.72. The van der Waals surface area contributed by atoms with E-state index in [-0.39, 0.29) is 17.7 Å². The van der Waals surface area contributed by atoms with Crippen molar-refractivity contribution >= 4 is 27.7 Å².